The Hall–Kier alpha value is -3.26. The maximum atomic E-state index is 13.3. The molecule has 0 spiro atoms. The Morgan fingerprint density at radius 1 is 1.10 bits per heavy atom. The molecule has 0 unspecified atom stereocenters. The number of hydrogen-bond donors (Lipinski definition) is 3. The fourth-order valence-corrected chi connectivity index (χ4v) is 3.76. The molecular weight excluding hydrogens is 395 g/mol. The van der Waals surface area contributed by atoms with Crippen molar-refractivity contribution in [2.45, 2.75) is 25.8 Å². The number of rotatable bonds is 7. The molecule has 0 aliphatic carbocycles. The quantitative estimate of drug-likeness (QED) is 0.528. The van der Waals surface area contributed by atoms with Gasteiger partial charge in [0.15, 0.2) is 0 Å². The lowest BCUT2D eigenvalue weighted by molar-refractivity contribution is 0.203. The Labute approximate surface area is 181 Å². The minimum atomic E-state index is -0.252. The van der Waals surface area contributed by atoms with Crippen LogP contribution in [0.4, 0.5) is 27.5 Å². The molecule has 0 saturated carbocycles. The summed E-state index contributed by atoms with van der Waals surface area (Å²) in [6.45, 7) is 4.02. The zero-order valence-electron chi connectivity index (χ0n) is 17.5. The second-order valence-electron chi connectivity index (χ2n) is 7.84. The summed E-state index contributed by atoms with van der Waals surface area (Å²) in [5.74, 6) is 2.11. The van der Waals surface area contributed by atoms with Gasteiger partial charge < -0.3 is 20.6 Å². The highest BCUT2D eigenvalue weighted by molar-refractivity contribution is 5.65. The molecule has 1 aromatic carbocycles. The van der Waals surface area contributed by atoms with Crippen LogP contribution in [0.5, 0.6) is 0 Å². The highest BCUT2D eigenvalue weighted by Crippen LogP contribution is 2.29. The maximum absolute atomic E-state index is 13.3. The molecule has 3 heterocycles. The molecule has 1 fully saturated rings. The number of benzene rings is 1. The first-order valence-electron chi connectivity index (χ1n) is 10.5. The highest BCUT2D eigenvalue weighted by Gasteiger charge is 2.20. The van der Waals surface area contributed by atoms with E-state index in [0.717, 1.165) is 37.2 Å². The van der Waals surface area contributed by atoms with Gasteiger partial charge in [-0.1, -0.05) is 12.1 Å². The van der Waals surface area contributed by atoms with Crippen molar-refractivity contribution >= 4 is 23.1 Å². The Morgan fingerprint density at radius 2 is 1.84 bits per heavy atom. The number of halogens is 1. The van der Waals surface area contributed by atoms with E-state index in [-0.39, 0.29) is 18.5 Å². The lowest BCUT2D eigenvalue weighted by atomic mass is 9.97. The first-order valence-corrected chi connectivity index (χ1v) is 10.5. The molecule has 8 heteroatoms. The monoisotopic (exact) mass is 422 g/mol. The van der Waals surface area contributed by atoms with E-state index in [2.05, 4.69) is 25.5 Å². The van der Waals surface area contributed by atoms with Gasteiger partial charge in [0.05, 0.1) is 6.20 Å². The number of aromatic nitrogens is 3. The number of nitrogens with zero attached hydrogens (tertiary/aromatic N) is 4. The van der Waals surface area contributed by atoms with Crippen molar-refractivity contribution in [1.29, 1.82) is 0 Å². The van der Waals surface area contributed by atoms with E-state index in [0.29, 0.717) is 23.4 Å². The third-order valence-corrected chi connectivity index (χ3v) is 5.60. The van der Waals surface area contributed by atoms with Gasteiger partial charge in [0, 0.05) is 56.0 Å². The van der Waals surface area contributed by atoms with Gasteiger partial charge in [-0.25, -0.2) is 14.4 Å². The Kier molecular flexibility index (Phi) is 6.57. The molecule has 1 aliphatic rings. The Balaban J connectivity index is 1.58. The van der Waals surface area contributed by atoms with Crippen molar-refractivity contribution in [3.8, 4) is 0 Å². The molecule has 1 saturated heterocycles. The van der Waals surface area contributed by atoms with Gasteiger partial charge in [0.1, 0.15) is 23.3 Å². The first-order chi connectivity index (χ1) is 15.1. The molecule has 7 nitrogen and oxygen atoms in total. The maximum Gasteiger partial charge on any atom is 0.150 e. The van der Waals surface area contributed by atoms with E-state index < -0.39 is 0 Å². The van der Waals surface area contributed by atoms with Crippen LogP contribution >= 0.6 is 0 Å². The van der Waals surface area contributed by atoms with Crippen LogP contribution in [0, 0.1) is 11.7 Å². The number of aliphatic hydroxyl groups excluding tert-OH is 1. The van der Waals surface area contributed by atoms with Crippen molar-refractivity contribution in [3.63, 3.8) is 0 Å². The van der Waals surface area contributed by atoms with Crippen LogP contribution in [0.25, 0.3) is 0 Å². The molecule has 1 aliphatic heterocycles. The number of aliphatic hydroxyl groups is 1. The van der Waals surface area contributed by atoms with Gasteiger partial charge in [0.25, 0.3) is 0 Å². The molecule has 2 aromatic heterocycles. The summed E-state index contributed by atoms with van der Waals surface area (Å²) in [6, 6.07) is 10.5. The predicted molar refractivity (Wildman–Crippen MR) is 120 cm³/mol. The molecule has 3 N–H and O–H groups in total. The second kappa shape index (κ2) is 9.70. The van der Waals surface area contributed by atoms with Gasteiger partial charge >= 0.3 is 0 Å². The molecule has 31 heavy (non-hydrogen) atoms. The van der Waals surface area contributed by atoms with E-state index >= 15 is 0 Å². The second-order valence-corrected chi connectivity index (χ2v) is 7.84. The van der Waals surface area contributed by atoms with E-state index in [4.69, 9.17) is 4.98 Å². The average Bonchev–Trinajstić information content (AvgIpc) is 2.80. The lowest BCUT2D eigenvalue weighted by Gasteiger charge is -2.33. The van der Waals surface area contributed by atoms with E-state index in [1.54, 1.807) is 30.7 Å². The minimum Gasteiger partial charge on any atom is -0.396 e. The van der Waals surface area contributed by atoms with Gasteiger partial charge in [-0.15, -0.1) is 0 Å². The molecular formula is C23H27FN6O. The summed E-state index contributed by atoms with van der Waals surface area (Å²) in [5.41, 5.74) is 2.02. The van der Waals surface area contributed by atoms with Gasteiger partial charge in [0.2, 0.25) is 0 Å². The van der Waals surface area contributed by atoms with Crippen molar-refractivity contribution < 1.29 is 9.50 Å². The summed E-state index contributed by atoms with van der Waals surface area (Å²) >= 11 is 0. The SMILES string of the molecule is C[C@H](Nc1cc(N2CCC(CO)CC2)cc(Nc2cnccn2)n1)c1ccc(F)cc1. The first kappa shape index (κ1) is 21.0. The van der Waals surface area contributed by atoms with E-state index in [1.165, 1.54) is 12.1 Å². The van der Waals surface area contributed by atoms with Gasteiger partial charge in [-0.3, -0.25) is 4.98 Å². The molecule has 0 radical (unpaired) electrons. The van der Waals surface area contributed by atoms with Crippen molar-refractivity contribution in [3.05, 3.63) is 66.4 Å². The zero-order chi connectivity index (χ0) is 21.6. The third-order valence-electron chi connectivity index (χ3n) is 5.60. The zero-order valence-corrected chi connectivity index (χ0v) is 17.5. The predicted octanol–water partition coefficient (Wildman–Crippen LogP) is 4.14. The van der Waals surface area contributed by atoms with Crippen molar-refractivity contribution in [2.75, 3.05) is 35.2 Å². The smallest absolute Gasteiger partial charge is 0.150 e. The fraction of sp³-hybridized carbons (Fsp3) is 0.348. The van der Waals surface area contributed by atoms with Crippen LogP contribution < -0.4 is 15.5 Å². The topological polar surface area (TPSA) is 86.2 Å². The van der Waals surface area contributed by atoms with Crippen LogP contribution in [0.3, 0.4) is 0 Å². The summed E-state index contributed by atoms with van der Waals surface area (Å²) in [5, 5.41) is 16.1. The van der Waals surface area contributed by atoms with Crippen LogP contribution in [0.1, 0.15) is 31.4 Å². The number of piperidine rings is 1. The lowest BCUT2D eigenvalue weighted by Crippen LogP contribution is -2.34. The molecule has 1 atom stereocenters. The summed E-state index contributed by atoms with van der Waals surface area (Å²) in [6.07, 6.45) is 6.82. The number of hydrogen-bond acceptors (Lipinski definition) is 7. The van der Waals surface area contributed by atoms with Crippen LogP contribution in [-0.2, 0) is 0 Å². The van der Waals surface area contributed by atoms with Gasteiger partial charge in [-0.05, 0) is 43.4 Å². The van der Waals surface area contributed by atoms with Gasteiger partial charge in [-0.2, -0.15) is 0 Å². The van der Waals surface area contributed by atoms with Crippen molar-refractivity contribution in [1.82, 2.24) is 15.0 Å². The van der Waals surface area contributed by atoms with E-state index in [1.807, 2.05) is 19.1 Å². The molecule has 0 bridgehead atoms. The molecule has 4 rings (SSSR count). The normalized spacial score (nSPS) is 15.5. The van der Waals surface area contributed by atoms with Crippen molar-refractivity contribution in [2.24, 2.45) is 5.92 Å². The summed E-state index contributed by atoms with van der Waals surface area (Å²) < 4.78 is 13.3. The number of pyridine rings is 1. The fourth-order valence-electron chi connectivity index (χ4n) is 3.76. The largest absolute Gasteiger partial charge is 0.396 e. The minimum absolute atomic E-state index is 0.0483. The Bertz CT molecular complexity index is 977. The summed E-state index contributed by atoms with van der Waals surface area (Å²) in [7, 11) is 0. The molecule has 162 valence electrons. The van der Waals surface area contributed by atoms with Crippen LogP contribution in [0.2, 0.25) is 0 Å². The number of nitrogens with one attached hydrogen (secondary N) is 2. The van der Waals surface area contributed by atoms with Crippen LogP contribution in [0.15, 0.2) is 55.0 Å². The van der Waals surface area contributed by atoms with E-state index in [9.17, 15) is 9.50 Å². The molecule has 3 aromatic rings. The molecule has 0 amide bonds. The van der Waals surface area contributed by atoms with Crippen LogP contribution in [-0.4, -0.2) is 39.8 Å². The highest BCUT2D eigenvalue weighted by atomic mass is 19.1. The Morgan fingerprint density at radius 3 is 2.52 bits per heavy atom. The number of anilines is 4. The average molecular weight is 423 g/mol. The third kappa shape index (κ3) is 5.46. The standard InChI is InChI=1S/C23H27FN6O/c1-16(18-2-4-19(24)5-3-18)27-21-12-20(30-10-6-17(15-31)7-11-30)13-22(28-21)29-23-14-25-8-9-26-23/h2-5,8-9,12-14,16-17,31H,6-7,10-11,15H2,1H3,(H2,26,27,28,29)/t16-/m0/s1. The summed E-state index contributed by atoms with van der Waals surface area (Å²) in [4.78, 5) is 15.4.